The van der Waals surface area contributed by atoms with E-state index in [-0.39, 0.29) is 11.9 Å². The maximum atomic E-state index is 9.19. The summed E-state index contributed by atoms with van der Waals surface area (Å²) >= 11 is 0. The van der Waals surface area contributed by atoms with Crippen LogP contribution in [0.25, 0.3) is 10.8 Å². The molecule has 0 saturated heterocycles. The lowest BCUT2D eigenvalue weighted by molar-refractivity contribution is 0.139. The molecule has 0 aliphatic heterocycles. The van der Waals surface area contributed by atoms with Gasteiger partial charge in [-0.25, -0.2) is 4.98 Å². The van der Waals surface area contributed by atoms with Gasteiger partial charge in [-0.1, -0.05) is 23.8 Å². The maximum absolute atomic E-state index is 9.19. The number of methoxy groups -OCH3 is 1. The molecule has 5 heteroatoms. The summed E-state index contributed by atoms with van der Waals surface area (Å²) in [5.41, 5.74) is 8.47. The fourth-order valence-electron chi connectivity index (χ4n) is 2.68. The molecule has 0 fully saturated rings. The van der Waals surface area contributed by atoms with Crippen LogP contribution in [0.3, 0.4) is 0 Å². The highest BCUT2D eigenvalue weighted by Crippen LogP contribution is 2.28. The molecule has 1 aliphatic rings. The summed E-state index contributed by atoms with van der Waals surface area (Å²) in [6, 6.07) is 2.12. The second kappa shape index (κ2) is 5.43. The molecule has 21 heavy (non-hydrogen) atoms. The van der Waals surface area contributed by atoms with Gasteiger partial charge >= 0.3 is 0 Å². The second-order valence-electron chi connectivity index (χ2n) is 5.08. The van der Waals surface area contributed by atoms with E-state index < -0.39 is 0 Å². The van der Waals surface area contributed by atoms with Crippen molar-refractivity contribution in [3.63, 3.8) is 0 Å². The number of nitrogens with zero attached hydrogens (tertiary/aromatic N) is 2. The Hall–Kier alpha value is -2.58. The average molecular weight is 280 g/mol. The predicted molar refractivity (Wildman–Crippen MR) is 81.6 cm³/mol. The van der Waals surface area contributed by atoms with Crippen molar-refractivity contribution < 1.29 is 4.74 Å². The molecule has 0 saturated carbocycles. The summed E-state index contributed by atoms with van der Waals surface area (Å²) in [6.07, 6.45) is 11.5. The number of anilines is 1. The molecule has 0 aromatic carbocycles. The summed E-state index contributed by atoms with van der Waals surface area (Å²) in [4.78, 5) is 7.45. The number of pyridine rings is 1. The minimum absolute atomic E-state index is 0.113. The van der Waals surface area contributed by atoms with Crippen LogP contribution in [0.2, 0.25) is 0 Å². The number of aromatic amines is 1. The average Bonchev–Trinajstić information content (AvgIpc) is 2.97. The van der Waals surface area contributed by atoms with E-state index in [1.807, 2.05) is 18.3 Å². The fourth-order valence-corrected chi connectivity index (χ4v) is 2.68. The molecule has 5 nitrogen and oxygen atoms in total. The molecule has 0 amide bonds. The molecule has 0 bridgehead atoms. The lowest BCUT2D eigenvalue weighted by atomic mass is 9.96. The van der Waals surface area contributed by atoms with E-state index in [1.165, 1.54) is 5.57 Å². The van der Waals surface area contributed by atoms with Gasteiger partial charge in [0.15, 0.2) is 0 Å². The first kappa shape index (κ1) is 13.4. The smallest absolute Gasteiger partial charge is 0.142 e. The van der Waals surface area contributed by atoms with Gasteiger partial charge in [0.2, 0.25) is 0 Å². The first-order valence-electron chi connectivity index (χ1n) is 6.77. The number of H-pyrrole nitrogens is 1. The summed E-state index contributed by atoms with van der Waals surface area (Å²) in [7, 11) is 1.71. The number of fused-ring (bicyclic) bond motifs is 1. The van der Waals surface area contributed by atoms with E-state index in [0.717, 1.165) is 22.9 Å². The van der Waals surface area contributed by atoms with Crippen molar-refractivity contribution in [3.05, 3.63) is 47.5 Å². The quantitative estimate of drug-likeness (QED) is 0.904. The molecule has 3 N–H and O–H groups in total. The predicted octanol–water partition coefficient (Wildman–Crippen LogP) is 2.46. The Morgan fingerprint density at radius 1 is 1.48 bits per heavy atom. The lowest BCUT2D eigenvalue weighted by Gasteiger charge is -2.17. The van der Waals surface area contributed by atoms with E-state index in [4.69, 9.17) is 10.5 Å². The molecule has 1 atom stereocenters. The number of allylic oxidation sites excluding steroid dienone is 2. The van der Waals surface area contributed by atoms with Gasteiger partial charge in [-0.15, -0.1) is 0 Å². The minimum atomic E-state index is 0.113. The Bertz CT molecular complexity index is 779. The third kappa shape index (κ3) is 2.41. The number of hydrogen-bond donors (Lipinski definition) is 2. The summed E-state index contributed by atoms with van der Waals surface area (Å²) in [5, 5.41) is 11.0. The van der Waals surface area contributed by atoms with Gasteiger partial charge < -0.3 is 15.5 Å². The first-order valence-corrected chi connectivity index (χ1v) is 6.77. The van der Waals surface area contributed by atoms with Crippen LogP contribution in [-0.4, -0.2) is 23.2 Å². The number of nitrogen functional groups attached to an aromatic ring is 1. The van der Waals surface area contributed by atoms with E-state index >= 15 is 0 Å². The molecule has 2 aromatic rings. The van der Waals surface area contributed by atoms with Crippen molar-refractivity contribution in [2.75, 3.05) is 12.8 Å². The zero-order valence-electron chi connectivity index (χ0n) is 11.8. The molecule has 1 aliphatic carbocycles. The second-order valence-corrected chi connectivity index (χ2v) is 5.08. The molecular formula is C16H16N4O. The Kier molecular flexibility index (Phi) is 3.46. The van der Waals surface area contributed by atoms with Crippen molar-refractivity contribution in [2.45, 2.75) is 18.9 Å². The van der Waals surface area contributed by atoms with Crippen LogP contribution in [0.4, 0.5) is 5.82 Å². The highest BCUT2D eigenvalue weighted by molar-refractivity contribution is 5.92. The fraction of sp³-hybridized carbons (Fsp3) is 0.250. The molecule has 2 heterocycles. The van der Waals surface area contributed by atoms with Crippen molar-refractivity contribution in [1.29, 1.82) is 5.26 Å². The summed E-state index contributed by atoms with van der Waals surface area (Å²) in [6.45, 7) is 0. The van der Waals surface area contributed by atoms with Crippen LogP contribution in [0.15, 0.2) is 36.2 Å². The number of ether oxygens (including phenoxy) is 1. The number of nitriles is 1. The van der Waals surface area contributed by atoms with Crippen molar-refractivity contribution in [2.24, 2.45) is 0 Å². The summed E-state index contributed by atoms with van der Waals surface area (Å²) < 4.78 is 5.37. The number of aromatic nitrogens is 2. The molecule has 0 radical (unpaired) electrons. The van der Waals surface area contributed by atoms with E-state index in [1.54, 1.807) is 13.3 Å². The van der Waals surface area contributed by atoms with Gasteiger partial charge in [0.05, 0.1) is 11.8 Å². The van der Waals surface area contributed by atoms with Gasteiger partial charge in [-0.2, -0.15) is 5.26 Å². The monoisotopic (exact) mass is 280 g/mol. The van der Waals surface area contributed by atoms with Gasteiger partial charge in [-0.3, -0.25) is 0 Å². The van der Waals surface area contributed by atoms with Crippen LogP contribution in [0, 0.1) is 11.3 Å². The van der Waals surface area contributed by atoms with Gasteiger partial charge in [0, 0.05) is 36.7 Å². The Labute approximate surface area is 122 Å². The van der Waals surface area contributed by atoms with Crippen molar-refractivity contribution in [1.82, 2.24) is 9.97 Å². The minimum Gasteiger partial charge on any atom is -0.383 e. The normalized spacial score (nSPS) is 17.7. The third-order valence-electron chi connectivity index (χ3n) is 3.77. The van der Waals surface area contributed by atoms with E-state index in [2.05, 4.69) is 22.1 Å². The Balaban J connectivity index is 1.99. The van der Waals surface area contributed by atoms with E-state index in [9.17, 15) is 5.26 Å². The SMILES string of the molecule is COC1C=CC=C(Cc2nc(N)c(C#N)c3c[nH]cc23)C1. The lowest BCUT2D eigenvalue weighted by Crippen LogP contribution is -2.12. The number of nitrogens with one attached hydrogen (secondary N) is 1. The van der Waals surface area contributed by atoms with Gasteiger partial charge in [-0.05, 0) is 6.42 Å². The van der Waals surface area contributed by atoms with E-state index in [0.29, 0.717) is 12.0 Å². The van der Waals surface area contributed by atoms with Crippen LogP contribution in [0.1, 0.15) is 17.7 Å². The van der Waals surface area contributed by atoms with Crippen LogP contribution in [-0.2, 0) is 11.2 Å². The molecule has 106 valence electrons. The highest BCUT2D eigenvalue weighted by Gasteiger charge is 2.16. The van der Waals surface area contributed by atoms with Crippen molar-refractivity contribution in [3.8, 4) is 6.07 Å². The third-order valence-corrected chi connectivity index (χ3v) is 3.77. The number of rotatable bonds is 3. The molecular weight excluding hydrogens is 264 g/mol. The van der Waals surface area contributed by atoms with Crippen LogP contribution in [0.5, 0.6) is 0 Å². The maximum Gasteiger partial charge on any atom is 0.142 e. The van der Waals surface area contributed by atoms with Crippen molar-refractivity contribution >= 4 is 16.6 Å². The standard InChI is InChI=1S/C16H16N4O/c1-21-11-4-2-3-10(5-11)6-15-14-9-19-8-13(14)12(7-17)16(18)20-15/h2-4,8-9,11,19H,5-6,18H2,1H3. The summed E-state index contributed by atoms with van der Waals surface area (Å²) in [5.74, 6) is 0.287. The number of nitrogens with two attached hydrogens (primary N) is 1. The molecule has 2 aromatic heterocycles. The highest BCUT2D eigenvalue weighted by atomic mass is 16.5. The zero-order valence-corrected chi connectivity index (χ0v) is 11.8. The van der Waals surface area contributed by atoms with Crippen LogP contribution < -0.4 is 5.73 Å². The molecule has 3 rings (SSSR count). The van der Waals surface area contributed by atoms with Gasteiger partial charge in [0.25, 0.3) is 0 Å². The number of hydrogen-bond acceptors (Lipinski definition) is 4. The zero-order chi connectivity index (χ0) is 14.8. The topological polar surface area (TPSA) is 87.7 Å². The Morgan fingerprint density at radius 2 is 2.29 bits per heavy atom. The first-order chi connectivity index (χ1) is 10.2. The molecule has 0 spiro atoms. The molecule has 1 unspecified atom stereocenters. The largest absolute Gasteiger partial charge is 0.383 e. The Morgan fingerprint density at radius 3 is 3.05 bits per heavy atom. The van der Waals surface area contributed by atoms with Crippen LogP contribution >= 0.6 is 0 Å². The van der Waals surface area contributed by atoms with Gasteiger partial charge in [0.1, 0.15) is 17.5 Å².